The zero-order chi connectivity index (χ0) is 29.0. The summed E-state index contributed by atoms with van der Waals surface area (Å²) in [7, 11) is 0. The maximum atomic E-state index is 13.8. The van der Waals surface area contributed by atoms with Gasteiger partial charge in [-0.2, -0.15) is 13.2 Å². The van der Waals surface area contributed by atoms with Crippen LogP contribution < -0.4 is 16.0 Å². The third-order valence-corrected chi connectivity index (χ3v) is 7.57. The Morgan fingerprint density at radius 2 is 1.71 bits per heavy atom. The van der Waals surface area contributed by atoms with Crippen molar-refractivity contribution in [2.75, 3.05) is 36.8 Å². The lowest BCUT2D eigenvalue weighted by molar-refractivity contribution is -0.138. The van der Waals surface area contributed by atoms with Gasteiger partial charge in [-0.05, 0) is 59.7 Å². The molecule has 41 heavy (non-hydrogen) atoms. The number of amides is 2. The molecule has 5 rings (SSSR count). The van der Waals surface area contributed by atoms with Crippen LogP contribution in [0.2, 0.25) is 0 Å². The van der Waals surface area contributed by atoms with E-state index in [-0.39, 0.29) is 47.9 Å². The number of rotatable bonds is 9. The summed E-state index contributed by atoms with van der Waals surface area (Å²) in [6.45, 7) is 5.01. The Bertz CT molecular complexity index is 1370. The van der Waals surface area contributed by atoms with E-state index in [4.69, 9.17) is 0 Å². The lowest BCUT2D eigenvalue weighted by Crippen LogP contribution is -2.43. The van der Waals surface area contributed by atoms with Crippen LogP contribution in [0.15, 0.2) is 60.8 Å². The molecule has 2 amide bonds. The van der Waals surface area contributed by atoms with Gasteiger partial charge in [0, 0.05) is 62.5 Å². The monoisotopic (exact) mass is 565 g/mol. The topological polar surface area (TPSA) is 86.4 Å². The molecule has 216 valence electrons. The van der Waals surface area contributed by atoms with Gasteiger partial charge >= 0.3 is 6.18 Å². The molecular formula is C31H34F3N5O2. The number of hydrogen-bond acceptors (Lipinski definition) is 5. The first-order valence-electron chi connectivity index (χ1n) is 14.0. The molecule has 10 heteroatoms. The molecule has 1 saturated heterocycles. The zero-order valence-electron chi connectivity index (χ0n) is 22.9. The van der Waals surface area contributed by atoms with E-state index in [1.54, 1.807) is 18.3 Å². The second-order valence-corrected chi connectivity index (χ2v) is 10.9. The molecule has 0 spiro atoms. The highest BCUT2D eigenvalue weighted by atomic mass is 19.4. The number of carbonyl (C=O) groups excluding carboxylic acids is 2. The van der Waals surface area contributed by atoms with Gasteiger partial charge in [0.25, 0.3) is 0 Å². The van der Waals surface area contributed by atoms with Crippen molar-refractivity contribution in [1.82, 2.24) is 15.2 Å². The first-order chi connectivity index (χ1) is 19.7. The first-order valence-corrected chi connectivity index (χ1v) is 14.0. The predicted molar refractivity (Wildman–Crippen MR) is 152 cm³/mol. The number of aromatic nitrogens is 1. The molecule has 1 aromatic heterocycles. The number of nitrogens with one attached hydrogen (secondary N) is 3. The van der Waals surface area contributed by atoms with Crippen molar-refractivity contribution in [1.29, 1.82) is 0 Å². The SMILES string of the molecule is C[C@H](CC(=O)Nc1ccc(CN2CCNCC2)c(C(F)(F)F)c1)c1ccc(-c2ccc(NC(=O)C3CC3)nc2)cc1. The van der Waals surface area contributed by atoms with E-state index in [0.717, 1.165) is 48.7 Å². The first kappa shape index (κ1) is 28.8. The van der Waals surface area contributed by atoms with Gasteiger partial charge < -0.3 is 16.0 Å². The molecule has 2 aliphatic rings. The molecule has 1 aliphatic carbocycles. The zero-order valence-corrected chi connectivity index (χ0v) is 22.9. The van der Waals surface area contributed by atoms with Gasteiger partial charge in [-0.25, -0.2) is 4.98 Å². The van der Waals surface area contributed by atoms with Crippen LogP contribution in [0.3, 0.4) is 0 Å². The normalized spacial score (nSPS) is 16.7. The van der Waals surface area contributed by atoms with Crippen molar-refractivity contribution in [3.05, 3.63) is 77.5 Å². The minimum absolute atomic E-state index is 0.0104. The van der Waals surface area contributed by atoms with Gasteiger partial charge in [-0.1, -0.05) is 37.3 Å². The van der Waals surface area contributed by atoms with Crippen molar-refractivity contribution in [3.8, 4) is 11.1 Å². The Morgan fingerprint density at radius 3 is 2.34 bits per heavy atom. The van der Waals surface area contributed by atoms with E-state index in [1.165, 1.54) is 6.07 Å². The number of pyridine rings is 1. The summed E-state index contributed by atoms with van der Waals surface area (Å²) in [6, 6.07) is 15.5. The van der Waals surface area contributed by atoms with Crippen LogP contribution in [0.5, 0.6) is 0 Å². The minimum Gasteiger partial charge on any atom is -0.326 e. The van der Waals surface area contributed by atoms with Crippen molar-refractivity contribution in [2.45, 2.75) is 44.8 Å². The van der Waals surface area contributed by atoms with Crippen molar-refractivity contribution < 1.29 is 22.8 Å². The fourth-order valence-corrected chi connectivity index (χ4v) is 4.99. The molecule has 3 N–H and O–H groups in total. The van der Waals surface area contributed by atoms with Crippen LogP contribution in [0.4, 0.5) is 24.7 Å². The van der Waals surface area contributed by atoms with Gasteiger partial charge in [0.15, 0.2) is 0 Å². The van der Waals surface area contributed by atoms with Crippen LogP contribution >= 0.6 is 0 Å². The van der Waals surface area contributed by atoms with Gasteiger partial charge in [0.05, 0.1) is 5.56 Å². The molecule has 1 atom stereocenters. The van der Waals surface area contributed by atoms with Crippen molar-refractivity contribution >= 4 is 23.3 Å². The van der Waals surface area contributed by atoms with E-state index >= 15 is 0 Å². The summed E-state index contributed by atoms with van der Waals surface area (Å²) >= 11 is 0. The summed E-state index contributed by atoms with van der Waals surface area (Å²) < 4.78 is 41.5. The number of carbonyl (C=O) groups is 2. The van der Waals surface area contributed by atoms with Crippen LogP contribution in [0.1, 0.15) is 48.8 Å². The lowest BCUT2D eigenvalue weighted by atomic mass is 9.95. The molecule has 2 aromatic carbocycles. The van der Waals surface area contributed by atoms with Crippen LogP contribution in [-0.4, -0.2) is 47.9 Å². The van der Waals surface area contributed by atoms with Crippen LogP contribution in [0.25, 0.3) is 11.1 Å². The average molecular weight is 566 g/mol. The third-order valence-electron chi connectivity index (χ3n) is 7.57. The van der Waals surface area contributed by atoms with Crippen molar-refractivity contribution in [3.63, 3.8) is 0 Å². The summed E-state index contributed by atoms with van der Waals surface area (Å²) in [4.78, 5) is 31.0. The maximum Gasteiger partial charge on any atom is 0.416 e. The van der Waals surface area contributed by atoms with E-state index < -0.39 is 11.7 Å². The largest absolute Gasteiger partial charge is 0.416 e. The average Bonchev–Trinajstić information content (AvgIpc) is 3.80. The van der Waals surface area contributed by atoms with Gasteiger partial charge in [0.2, 0.25) is 11.8 Å². The van der Waals surface area contributed by atoms with Gasteiger partial charge in [-0.15, -0.1) is 0 Å². The summed E-state index contributed by atoms with van der Waals surface area (Å²) in [6.07, 6.45) is -0.822. The predicted octanol–water partition coefficient (Wildman–Crippen LogP) is 5.65. The second-order valence-electron chi connectivity index (χ2n) is 10.9. The Morgan fingerprint density at radius 1 is 1.00 bits per heavy atom. The molecule has 1 aliphatic heterocycles. The number of anilines is 2. The highest BCUT2D eigenvalue weighted by Gasteiger charge is 2.34. The molecule has 0 unspecified atom stereocenters. The lowest BCUT2D eigenvalue weighted by Gasteiger charge is -2.28. The third kappa shape index (κ3) is 7.71. The summed E-state index contributed by atoms with van der Waals surface area (Å²) in [5.74, 6) is 0.155. The number of alkyl halides is 3. The molecule has 3 aromatic rings. The van der Waals surface area contributed by atoms with E-state index in [0.29, 0.717) is 18.9 Å². The number of halogens is 3. The highest BCUT2D eigenvalue weighted by molar-refractivity contribution is 5.93. The molecule has 2 heterocycles. The maximum absolute atomic E-state index is 13.8. The van der Waals surface area contributed by atoms with E-state index in [1.807, 2.05) is 42.2 Å². The molecule has 2 fully saturated rings. The van der Waals surface area contributed by atoms with E-state index in [9.17, 15) is 22.8 Å². The Hall–Kier alpha value is -3.76. The van der Waals surface area contributed by atoms with Crippen LogP contribution in [0, 0.1) is 5.92 Å². The number of benzene rings is 2. The number of piperazine rings is 1. The minimum atomic E-state index is -4.51. The fraction of sp³-hybridized carbons (Fsp3) is 0.387. The molecular weight excluding hydrogens is 531 g/mol. The summed E-state index contributed by atoms with van der Waals surface area (Å²) in [5.41, 5.74) is 2.40. The molecule has 0 radical (unpaired) electrons. The second kappa shape index (κ2) is 12.4. The smallest absolute Gasteiger partial charge is 0.326 e. The fourth-order valence-electron chi connectivity index (χ4n) is 4.99. The van der Waals surface area contributed by atoms with Crippen LogP contribution in [-0.2, 0) is 22.3 Å². The molecule has 7 nitrogen and oxygen atoms in total. The van der Waals surface area contributed by atoms with E-state index in [2.05, 4.69) is 20.9 Å². The number of nitrogens with zero attached hydrogens (tertiary/aromatic N) is 2. The Labute approximate surface area is 237 Å². The Kier molecular flexibility index (Phi) is 8.70. The van der Waals surface area contributed by atoms with Gasteiger partial charge in [-0.3, -0.25) is 14.5 Å². The number of hydrogen-bond donors (Lipinski definition) is 3. The molecule has 1 saturated carbocycles. The Balaban J connectivity index is 1.18. The quantitative estimate of drug-likeness (QED) is 0.312. The van der Waals surface area contributed by atoms with Crippen molar-refractivity contribution in [2.24, 2.45) is 5.92 Å². The molecule has 0 bridgehead atoms. The highest BCUT2D eigenvalue weighted by Crippen LogP contribution is 2.35. The van der Waals surface area contributed by atoms with Gasteiger partial charge in [0.1, 0.15) is 5.82 Å². The standard InChI is InChI=1S/C31H34F3N5O2/c1-20(21-2-4-22(5-3-21)24-9-11-28(36-18-24)38-30(41)23-6-7-23)16-29(40)37-26-10-8-25(27(17-26)31(32,33)34)19-39-14-12-35-13-15-39/h2-5,8-11,17-18,20,23,35H,6-7,12-16,19H2,1H3,(H,37,40)(H,36,38,41)/t20-/m1/s1. The summed E-state index contributed by atoms with van der Waals surface area (Å²) in [5, 5.41) is 8.68.